The van der Waals surface area contributed by atoms with Crippen molar-refractivity contribution in [3.05, 3.63) is 45.9 Å². The Bertz CT molecular complexity index is 971. The van der Waals surface area contributed by atoms with Crippen molar-refractivity contribution in [3.63, 3.8) is 0 Å². The standard InChI is InChI=1S/C20H23N5O2S2/c1-24-11-16(10-22-24)19(27)21-9-14-2-5-25(6-3-14)18(26)8-17-13-29-20(23-17)15-4-7-28-12-15/h4,7,10-14H,2-3,5-6,8-9H2,1H3,(H,21,27). The quantitative estimate of drug-likeness (QED) is 0.653. The van der Waals surface area contributed by atoms with Crippen LogP contribution in [0, 0.1) is 5.92 Å². The zero-order chi connectivity index (χ0) is 20.2. The average molecular weight is 430 g/mol. The molecule has 1 fully saturated rings. The van der Waals surface area contributed by atoms with Gasteiger partial charge >= 0.3 is 0 Å². The third-order valence-electron chi connectivity index (χ3n) is 5.14. The van der Waals surface area contributed by atoms with Gasteiger partial charge in [0.15, 0.2) is 0 Å². The first-order chi connectivity index (χ1) is 14.1. The molecule has 3 aromatic rings. The number of likely N-dealkylation sites (tertiary alicyclic amines) is 1. The summed E-state index contributed by atoms with van der Waals surface area (Å²) in [7, 11) is 1.79. The average Bonchev–Trinajstić information content (AvgIpc) is 3.48. The highest BCUT2D eigenvalue weighted by Gasteiger charge is 2.24. The van der Waals surface area contributed by atoms with E-state index in [1.165, 1.54) is 0 Å². The topological polar surface area (TPSA) is 80.1 Å². The largest absolute Gasteiger partial charge is 0.352 e. The molecule has 4 heterocycles. The van der Waals surface area contributed by atoms with Crippen LogP contribution in [0.15, 0.2) is 34.6 Å². The second-order valence-corrected chi connectivity index (χ2v) is 8.91. The molecule has 7 nitrogen and oxygen atoms in total. The summed E-state index contributed by atoms with van der Waals surface area (Å²) in [6.45, 7) is 2.09. The minimum atomic E-state index is -0.0958. The number of amides is 2. The third kappa shape index (κ3) is 4.91. The summed E-state index contributed by atoms with van der Waals surface area (Å²) in [6, 6.07) is 2.05. The number of nitrogens with one attached hydrogen (secondary N) is 1. The molecule has 0 atom stereocenters. The van der Waals surface area contributed by atoms with Crippen molar-refractivity contribution in [2.45, 2.75) is 19.3 Å². The summed E-state index contributed by atoms with van der Waals surface area (Å²) in [4.78, 5) is 31.3. The third-order valence-corrected chi connectivity index (χ3v) is 6.76. The number of hydrogen-bond acceptors (Lipinski definition) is 6. The number of aryl methyl sites for hydroxylation is 1. The molecule has 3 aromatic heterocycles. The number of carbonyl (C=O) groups is 2. The minimum Gasteiger partial charge on any atom is -0.352 e. The highest BCUT2D eigenvalue weighted by Crippen LogP contribution is 2.26. The van der Waals surface area contributed by atoms with Gasteiger partial charge in [-0.2, -0.15) is 16.4 Å². The van der Waals surface area contributed by atoms with E-state index in [0.717, 1.165) is 42.2 Å². The maximum Gasteiger partial charge on any atom is 0.254 e. The number of aromatic nitrogens is 3. The molecule has 0 spiro atoms. The van der Waals surface area contributed by atoms with Crippen molar-refractivity contribution in [2.75, 3.05) is 19.6 Å². The van der Waals surface area contributed by atoms with E-state index < -0.39 is 0 Å². The molecule has 4 rings (SSSR count). The van der Waals surface area contributed by atoms with E-state index in [0.29, 0.717) is 24.4 Å². The van der Waals surface area contributed by atoms with E-state index in [4.69, 9.17) is 0 Å². The van der Waals surface area contributed by atoms with Crippen LogP contribution in [-0.2, 0) is 18.3 Å². The molecule has 0 saturated carbocycles. The van der Waals surface area contributed by atoms with Crippen molar-refractivity contribution in [3.8, 4) is 10.6 Å². The van der Waals surface area contributed by atoms with Gasteiger partial charge in [-0.05, 0) is 30.2 Å². The highest BCUT2D eigenvalue weighted by molar-refractivity contribution is 7.14. The summed E-state index contributed by atoms with van der Waals surface area (Å²) in [5, 5.41) is 14.1. The van der Waals surface area contributed by atoms with E-state index in [1.807, 2.05) is 21.7 Å². The zero-order valence-electron chi connectivity index (χ0n) is 16.2. The van der Waals surface area contributed by atoms with Gasteiger partial charge in [-0.3, -0.25) is 14.3 Å². The normalized spacial score (nSPS) is 14.9. The van der Waals surface area contributed by atoms with E-state index in [2.05, 4.69) is 20.8 Å². The van der Waals surface area contributed by atoms with Crippen molar-refractivity contribution < 1.29 is 9.59 Å². The fourth-order valence-electron chi connectivity index (χ4n) is 3.44. The number of thiazole rings is 1. The van der Waals surface area contributed by atoms with Crippen LogP contribution in [0.2, 0.25) is 0 Å². The van der Waals surface area contributed by atoms with E-state index >= 15 is 0 Å². The predicted octanol–water partition coefficient (Wildman–Crippen LogP) is 2.82. The summed E-state index contributed by atoms with van der Waals surface area (Å²) in [5.41, 5.74) is 2.53. The summed E-state index contributed by atoms with van der Waals surface area (Å²) in [6.07, 6.45) is 5.42. The van der Waals surface area contributed by atoms with Crippen LogP contribution in [0.5, 0.6) is 0 Å². The molecule has 152 valence electrons. The molecular formula is C20H23N5O2S2. The Hall–Kier alpha value is -2.52. The Kier molecular flexibility index (Phi) is 6.05. The van der Waals surface area contributed by atoms with Gasteiger partial charge in [-0.1, -0.05) is 0 Å². The molecule has 9 heteroatoms. The van der Waals surface area contributed by atoms with E-state index in [-0.39, 0.29) is 11.8 Å². The number of hydrogen-bond donors (Lipinski definition) is 1. The fourth-order valence-corrected chi connectivity index (χ4v) is 4.97. The Morgan fingerprint density at radius 1 is 1.28 bits per heavy atom. The van der Waals surface area contributed by atoms with E-state index in [1.54, 1.807) is 46.8 Å². The van der Waals surface area contributed by atoms with Crippen LogP contribution in [0.1, 0.15) is 28.9 Å². The van der Waals surface area contributed by atoms with Crippen LogP contribution in [-0.4, -0.2) is 51.1 Å². The molecule has 0 unspecified atom stereocenters. The van der Waals surface area contributed by atoms with Crippen molar-refractivity contribution in [1.29, 1.82) is 0 Å². The smallest absolute Gasteiger partial charge is 0.254 e. The fraction of sp³-hybridized carbons (Fsp3) is 0.400. The van der Waals surface area contributed by atoms with Gasteiger partial charge in [-0.15, -0.1) is 11.3 Å². The number of piperidine rings is 1. The molecule has 2 amide bonds. The second-order valence-electron chi connectivity index (χ2n) is 7.27. The SMILES string of the molecule is Cn1cc(C(=O)NCC2CCN(C(=O)Cc3csc(-c4ccsc4)n3)CC2)cn1. The first-order valence-corrected chi connectivity index (χ1v) is 11.4. The minimum absolute atomic E-state index is 0.0958. The maximum atomic E-state index is 12.6. The monoisotopic (exact) mass is 429 g/mol. The molecule has 0 bridgehead atoms. The van der Waals surface area contributed by atoms with Crippen molar-refractivity contribution >= 4 is 34.5 Å². The van der Waals surface area contributed by atoms with Crippen LogP contribution in [0.25, 0.3) is 10.6 Å². The molecule has 1 aliphatic heterocycles. The molecule has 1 aliphatic rings. The van der Waals surface area contributed by atoms with Gasteiger partial charge in [0.05, 0.1) is 23.9 Å². The predicted molar refractivity (Wildman–Crippen MR) is 114 cm³/mol. The zero-order valence-corrected chi connectivity index (χ0v) is 17.8. The first kappa shape index (κ1) is 19.8. The molecule has 0 aromatic carbocycles. The van der Waals surface area contributed by atoms with Gasteiger partial charge in [0, 0.05) is 49.2 Å². The number of nitrogens with zero attached hydrogens (tertiary/aromatic N) is 4. The lowest BCUT2D eigenvalue weighted by atomic mass is 9.96. The summed E-state index contributed by atoms with van der Waals surface area (Å²) < 4.78 is 1.62. The Morgan fingerprint density at radius 3 is 2.79 bits per heavy atom. The van der Waals surface area contributed by atoms with Crippen molar-refractivity contribution in [2.24, 2.45) is 13.0 Å². The van der Waals surface area contributed by atoms with Gasteiger partial charge in [0.25, 0.3) is 5.91 Å². The molecule has 0 aliphatic carbocycles. The van der Waals surface area contributed by atoms with Gasteiger partial charge in [0.2, 0.25) is 5.91 Å². The summed E-state index contributed by atoms with van der Waals surface area (Å²) >= 11 is 3.23. The van der Waals surface area contributed by atoms with E-state index in [9.17, 15) is 9.59 Å². The lowest BCUT2D eigenvalue weighted by Crippen LogP contribution is -2.42. The second kappa shape index (κ2) is 8.87. The number of rotatable bonds is 6. The molecular weight excluding hydrogens is 406 g/mol. The molecule has 29 heavy (non-hydrogen) atoms. The van der Waals surface area contributed by atoms with Gasteiger partial charge < -0.3 is 10.2 Å². The van der Waals surface area contributed by atoms with Crippen LogP contribution >= 0.6 is 22.7 Å². The van der Waals surface area contributed by atoms with Crippen molar-refractivity contribution in [1.82, 2.24) is 25.0 Å². The van der Waals surface area contributed by atoms with Crippen LogP contribution < -0.4 is 5.32 Å². The Labute approximate surface area is 177 Å². The number of carbonyl (C=O) groups excluding carboxylic acids is 2. The van der Waals surface area contributed by atoms with Crippen LogP contribution in [0.3, 0.4) is 0 Å². The number of thiophene rings is 1. The first-order valence-electron chi connectivity index (χ1n) is 9.60. The van der Waals surface area contributed by atoms with Gasteiger partial charge in [-0.25, -0.2) is 4.98 Å². The lowest BCUT2D eigenvalue weighted by Gasteiger charge is -2.32. The highest BCUT2D eigenvalue weighted by atomic mass is 32.1. The lowest BCUT2D eigenvalue weighted by molar-refractivity contribution is -0.131. The molecule has 0 radical (unpaired) electrons. The molecule has 1 saturated heterocycles. The van der Waals surface area contributed by atoms with Gasteiger partial charge in [0.1, 0.15) is 5.01 Å². The Balaban J connectivity index is 1.22. The Morgan fingerprint density at radius 2 is 2.10 bits per heavy atom. The summed E-state index contributed by atoms with van der Waals surface area (Å²) in [5.74, 6) is 0.427. The molecule has 1 N–H and O–H groups in total. The maximum absolute atomic E-state index is 12.6. The van der Waals surface area contributed by atoms with Crippen LogP contribution in [0.4, 0.5) is 0 Å².